The van der Waals surface area contributed by atoms with E-state index >= 15 is 0 Å². The summed E-state index contributed by atoms with van der Waals surface area (Å²) in [6.45, 7) is 10.7. The summed E-state index contributed by atoms with van der Waals surface area (Å²) in [6, 6.07) is 6.67. The Bertz CT molecular complexity index is 574. The van der Waals surface area contributed by atoms with Crippen molar-refractivity contribution in [3.8, 4) is 0 Å². The van der Waals surface area contributed by atoms with Gasteiger partial charge in [0.1, 0.15) is 6.04 Å². The second-order valence-electron chi connectivity index (χ2n) is 6.99. The molecule has 1 heterocycles. The number of piperidine rings is 1. The van der Waals surface area contributed by atoms with Crippen LogP contribution in [-0.4, -0.2) is 23.8 Å². The molecule has 1 aliphatic heterocycles. The second-order valence-corrected chi connectivity index (χ2v) is 6.99. The van der Waals surface area contributed by atoms with Gasteiger partial charge >= 0.3 is 0 Å². The molecule has 2 rings (SSSR count). The van der Waals surface area contributed by atoms with Gasteiger partial charge in [0.25, 0.3) is 5.91 Å². The van der Waals surface area contributed by atoms with Crippen LogP contribution >= 0.6 is 0 Å². The lowest BCUT2D eigenvalue weighted by Crippen LogP contribution is -2.52. The monoisotopic (exact) mass is 332 g/mol. The van der Waals surface area contributed by atoms with Gasteiger partial charge in [0.2, 0.25) is 11.8 Å². The van der Waals surface area contributed by atoms with Crippen LogP contribution in [-0.2, 0) is 9.59 Å². The molecule has 0 aromatic heterocycles. The lowest BCUT2D eigenvalue weighted by Gasteiger charge is -2.21. The summed E-state index contributed by atoms with van der Waals surface area (Å²) >= 11 is 0. The third-order valence-corrected chi connectivity index (χ3v) is 3.38. The molecular formula is C19H28N2O3. The van der Waals surface area contributed by atoms with Crippen molar-refractivity contribution in [2.45, 2.75) is 59.4 Å². The average molecular weight is 332 g/mol. The van der Waals surface area contributed by atoms with Gasteiger partial charge in [-0.1, -0.05) is 46.8 Å². The number of hydrogen-bond acceptors (Lipinski definition) is 3. The molecule has 2 N–H and O–H groups in total. The zero-order valence-corrected chi connectivity index (χ0v) is 15.2. The lowest BCUT2D eigenvalue weighted by atomic mass is 10.0. The van der Waals surface area contributed by atoms with E-state index in [1.54, 1.807) is 12.1 Å². The minimum atomic E-state index is -0.634. The highest BCUT2D eigenvalue weighted by atomic mass is 16.2. The maximum Gasteiger partial charge on any atom is 0.251 e. The molecule has 3 amide bonds. The Morgan fingerprint density at radius 1 is 1.08 bits per heavy atom. The van der Waals surface area contributed by atoms with E-state index in [1.807, 2.05) is 12.1 Å². The molecule has 1 aliphatic rings. The number of hydrogen-bond donors (Lipinski definition) is 2. The Balaban J connectivity index is 0.000000648. The molecule has 5 nitrogen and oxygen atoms in total. The van der Waals surface area contributed by atoms with Crippen molar-refractivity contribution in [2.24, 2.45) is 5.92 Å². The molecule has 1 saturated heterocycles. The van der Waals surface area contributed by atoms with E-state index in [4.69, 9.17) is 0 Å². The fourth-order valence-electron chi connectivity index (χ4n) is 2.09. The minimum Gasteiger partial charge on any atom is -0.340 e. The first kappa shape index (κ1) is 19.9. The predicted molar refractivity (Wildman–Crippen MR) is 94.7 cm³/mol. The van der Waals surface area contributed by atoms with Crippen LogP contribution in [0.25, 0.3) is 0 Å². The van der Waals surface area contributed by atoms with E-state index in [1.165, 1.54) is 0 Å². The Labute approximate surface area is 144 Å². The van der Waals surface area contributed by atoms with E-state index in [-0.39, 0.29) is 18.2 Å². The smallest absolute Gasteiger partial charge is 0.251 e. The van der Waals surface area contributed by atoms with Crippen molar-refractivity contribution >= 4 is 17.7 Å². The standard InChI is InChI=1S/C15H18N2O3.C4H10/c1-9(2)10-3-5-11(6-4-10)14(19)16-12-7-8-13(18)17-15(12)20;1-4(2)3/h3-6,9,12H,7-8H2,1-2H3,(H,16,19)(H,17,18,20);4H,1-3H3. The van der Waals surface area contributed by atoms with Gasteiger partial charge in [-0.05, 0) is 36.0 Å². The van der Waals surface area contributed by atoms with Gasteiger partial charge in [-0.2, -0.15) is 0 Å². The summed E-state index contributed by atoms with van der Waals surface area (Å²) in [7, 11) is 0. The van der Waals surface area contributed by atoms with E-state index in [2.05, 4.69) is 45.3 Å². The molecule has 1 aromatic rings. The van der Waals surface area contributed by atoms with Crippen LogP contribution in [0.15, 0.2) is 24.3 Å². The number of amides is 3. The first-order valence-corrected chi connectivity index (χ1v) is 8.45. The van der Waals surface area contributed by atoms with Gasteiger partial charge < -0.3 is 5.32 Å². The fraction of sp³-hybridized carbons (Fsp3) is 0.526. The number of benzene rings is 1. The number of carbonyl (C=O) groups excluding carboxylic acids is 3. The Morgan fingerprint density at radius 3 is 2.08 bits per heavy atom. The van der Waals surface area contributed by atoms with Crippen molar-refractivity contribution in [1.82, 2.24) is 10.6 Å². The number of carbonyl (C=O) groups is 3. The molecule has 1 aromatic carbocycles. The number of imide groups is 1. The molecule has 24 heavy (non-hydrogen) atoms. The number of nitrogens with one attached hydrogen (secondary N) is 2. The van der Waals surface area contributed by atoms with Crippen molar-refractivity contribution < 1.29 is 14.4 Å². The summed E-state index contributed by atoms with van der Waals surface area (Å²) < 4.78 is 0. The Kier molecular flexibility index (Phi) is 7.62. The van der Waals surface area contributed by atoms with Gasteiger partial charge in [0.05, 0.1) is 0 Å². The average Bonchev–Trinajstić information content (AvgIpc) is 2.49. The highest BCUT2D eigenvalue weighted by Crippen LogP contribution is 2.15. The van der Waals surface area contributed by atoms with Gasteiger partial charge in [-0.3, -0.25) is 19.7 Å². The van der Waals surface area contributed by atoms with E-state index in [9.17, 15) is 14.4 Å². The van der Waals surface area contributed by atoms with Gasteiger partial charge in [0.15, 0.2) is 0 Å². The quantitative estimate of drug-likeness (QED) is 0.836. The Morgan fingerprint density at radius 2 is 1.62 bits per heavy atom. The highest BCUT2D eigenvalue weighted by molar-refractivity contribution is 6.03. The molecular weight excluding hydrogens is 304 g/mol. The molecule has 0 radical (unpaired) electrons. The maximum absolute atomic E-state index is 12.0. The molecule has 1 atom stereocenters. The summed E-state index contributed by atoms with van der Waals surface area (Å²) in [5.41, 5.74) is 1.67. The predicted octanol–water partition coefficient (Wildman–Crippen LogP) is 3.01. The minimum absolute atomic E-state index is 0.253. The second kappa shape index (κ2) is 9.21. The molecule has 0 aliphatic carbocycles. The number of rotatable bonds is 3. The van der Waals surface area contributed by atoms with Crippen molar-refractivity contribution in [3.63, 3.8) is 0 Å². The summed E-state index contributed by atoms with van der Waals surface area (Å²) in [5.74, 6) is 0.215. The van der Waals surface area contributed by atoms with Crippen molar-refractivity contribution in [3.05, 3.63) is 35.4 Å². The van der Waals surface area contributed by atoms with Gasteiger partial charge in [0, 0.05) is 12.0 Å². The van der Waals surface area contributed by atoms with Gasteiger partial charge in [-0.25, -0.2) is 0 Å². The van der Waals surface area contributed by atoms with Crippen LogP contribution in [0.1, 0.15) is 69.3 Å². The van der Waals surface area contributed by atoms with Crippen LogP contribution in [0.4, 0.5) is 0 Å². The largest absolute Gasteiger partial charge is 0.340 e. The molecule has 0 bridgehead atoms. The SMILES string of the molecule is CC(C)C.CC(C)c1ccc(C(=O)NC2CCC(=O)NC2=O)cc1. The molecule has 0 spiro atoms. The van der Waals surface area contributed by atoms with E-state index < -0.39 is 11.9 Å². The van der Waals surface area contributed by atoms with Crippen molar-refractivity contribution in [1.29, 1.82) is 0 Å². The molecule has 132 valence electrons. The molecule has 1 unspecified atom stereocenters. The maximum atomic E-state index is 12.0. The third kappa shape index (κ3) is 6.52. The van der Waals surface area contributed by atoms with Crippen LogP contribution < -0.4 is 10.6 Å². The zero-order chi connectivity index (χ0) is 18.3. The molecule has 0 saturated carbocycles. The van der Waals surface area contributed by atoms with Crippen LogP contribution in [0, 0.1) is 5.92 Å². The first-order chi connectivity index (χ1) is 11.2. The van der Waals surface area contributed by atoms with Crippen LogP contribution in [0.5, 0.6) is 0 Å². The van der Waals surface area contributed by atoms with Crippen LogP contribution in [0.3, 0.4) is 0 Å². The molecule has 5 heteroatoms. The van der Waals surface area contributed by atoms with E-state index in [0.29, 0.717) is 17.9 Å². The zero-order valence-electron chi connectivity index (χ0n) is 15.2. The normalized spacial score (nSPS) is 17.2. The highest BCUT2D eigenvalue weighted by Gasteiger charge is 2.27. The third-order valence-electron chi connectivity index (χ3n) is 3.38. The summed E-state index contributed by atoms with van der Waals surface area (Å²) in [5, 5.41) is 4.87. The Hall–Kier alpha value is -2.17. The van der Waals surface area contributed by atoms with Crippen LogP contribution in [0.2, 0.25) is 0 Å². The van der Waals surface area contributed by atoms with Crippen molar-refractivity contribution in [2.75, 3.05) is 0 Å². The van der Waals surface area contributed by atoms with E-state index in [0.717, 1.165) is 11.5 Å². The molecule has 1 fully saturated rings. The van der Waals surface area contributed by atoms with Gasteiger partial charge in [-0.15, -0.1) is 0 Å². The topological polar surface area (TPSA) is 75.3 Å². The summed E-state index contributed by atoms with van der Waals surface area (Å²) in [4.78, 5) is 34.6. The lowest BCUT2D eigenvalue weighted by molar-refractivity contribution is -0.134. The first-order valence-electron chi connectivity index (χ1n) is 8.45. The summed E-state index contributed by atoms with van der Waals surface area (Å²) in [6.07, 6.45) is 0.601. The fourth-order valence-corrected chi connectivity index (χ4v) is 2.09.